The fourth-order valence-electron chi connectivity index (χ4n) is 2.66. The predicted molar refractivity (Wildman–Crippen MR) is 85.5 cm³/mol. The molecule has 1 aromatic carbocycles. The van der Waals surface area contributed by atoms with Crippen molar-refractivity contribution in [2.45, 2.75) is 38.4 Å². The summed E-state index contributed by atoms with van der Waals surface area (Å²) < 4.78 is 7.09. The monoisotopic (exact) mass is 352 g/mol. The molecule has 2 heterocycles. The van der Waals surface area contributed by atoms with Crippen LogP contribution in [-0.4, -0.2) is 10.7 Å². The molecular weight excluding hydrogens is 336 g/mol. The average molecular weight is 353 g/mol. The maximum Gasteiger partial charge on any atom is 0.129 e. The van der Waals surface area contributed by atoms with Gasteiger partial charge in [-0.05, 0) is 41.4 Å². The molecule has 0 saturated heterocycles. The lowest BCUT2D eigenvalue weighted by molar-refractivity contribution is 0.126. The van der Waals surface area contributed by atoms with Crippen LogP contribution < -0.4 is 4.74 Å². The molecule has 1 aromatic heterocycles. The Kier molecular flexibility index (Phi) is 3.65. The molecule has 2 aromatic rings. The van der Waals surface area contributed by atoms with E-state index < -0.39 is 6.10 Å². The van der Waals surface area contributed by atoms with Gasteiger partial charge in [0.15, 0.2) is 0 Å². The third-order valence-corrected chi connectivity index (χ3v) is 5.22. The van der Waals surface area contributed by atoms with Crippen LogP contribution in [0.2, 0.25) is 0 Å². The third-order valence-electron chi connectivity index (χ3n) is 3.50. The molecule has 0 radical (unpaired) electrons. The summed E-state index contributed by atoms with van der Waals surface area (Å²) in [5.41, 5.74) is 1.92. The number of aliphatic hydroxyl groups is 1. The second-order valence-electron chi connectivity index (χ2n) is 5.83. The zero-order valence-electron chi connectivity index (χ0n) is 11.5. The number of halogens is 1. The maximum absolute atomic E-state index is 10.5. The number of benzene rings is 1. The molecule has 0 saturated carbocycles. The van der Waals surface area contributed by atoms with E-state index in [0.717, 1.165) is 22.2 Å². The first-order valence-corrected chi connectivity index (χ1v) is 8.34. The van der Waals surface area contributed by atoms with E-state index >= 15 is 0 Å². The molecule has 0 bridgehead atoms. The number of hydrogen-bond donors (Lipinski definition) is 1. The molecule has 4 heteroatoms. The second kappa shape index (κ2) is 5.17. The lowest BCUT2D eigenvalue weighted by Crippen LogP contribution is -2.25. The van der Waals surface area contributed by atoms with E-state index in [0.29, 0.717) is 6.42 Å². The molecule has 0 aliphatic carbocycles. The standard InChI is InChI=1S/C16H17BrO2S/c1-16(2)8-10-4-3-5-13(15(10)19-16)14(18)7-12-6-11(17)9-20-12/h3-6,9,14,18H,7-8H2,1-2H3. The maximum atomic E-state index is 10.5. The molecule has 0 spiro atoms. The molecule has 20 heavy (non-hydrogen) atoms. The fraction of sp³-hybridized carbons (Fsp3) is 0.375. The van der Waals surface area contributed by atoms with E-state index in [2.05, 4.69) is 41.9 Å². The summed E-state index contributed by atoms with van der Waals surface area (Å²) in [4.78, 5) is 1.17. The van der Waals surface area contributed by atoms with E-state index in [1.165, 1.54) is 10.4 Å². The van der Waals surface area contributed by atoms with E-state index in [-0.39, 0.29) is 5.60 Å². The SMILES string of the molecule is CC1(C)Cc2cccc(C(O)Cc3cc(Br)cs3)c2O1. The summed E-state index contributed by atoms with van der Waals surface area (Å²) in [5, 5.41) is 12.6. The van der Waals surface area contributed by atoms with Gasteiger partial charge in [-0.2, -0.15) is 0 Å². The molecule has 3 rings (SSSR count). The number of rotatable bonds is 3. The fourth-order valence-corrected chi connectivity index (χ4v) is 4.15. The van der Waals surface area contributed by atoms with Crippen LogP contribution in [0, 0.1) is 0 Å². The molecule has 1 aliphatic rings. The molecule has 0 fully saturated rings. The summed E-state index contributed by atoms with van der Waals surface area (Å²) in [5.74, 6) is 0.876. The normalized spacial score (nSPS) is 17.6. The van der Waals surface area contributed by atoms with E-state index in [1.54, 1.807) is 11.3 Å². The Morgan fingerprint density at radius 3 is 2.95 bits per heavy atom. The Labute approximate surface area is 131 Å². The van der Waals surface area contributed by atoms with Crippen LogP contribution in [0.5, 0.6) is 5.75 Å². The number of fused-ring (bicyclic) bond motifs is 1. The smallest absolute Gasteiger partial charge is 0.129 e. The summed E-state index contributed by atoms with van der Waals surface area (Å²) in [6.45, 7) is 4.17. The number of hydrogen-bond acceptors (Lipinski definition) is 3. The Bertz CT molecular complexity index is 633. The highest BCUT2D eigenvalue weighted by molar-refractivity contribution is 9.10. The molecule has 1 aliphatic heterocycles. The van der Waals surface area contributed by atoms with Crippen LogP contribution in [0.1, 0.15) is 36.0 Å². The van der Waals surface area contributed by atoms with Crippen LogP contribution in [0.4, 0.5) is 0 Å². The first-order valence-electron chi connectivity index (χ1n) is 6.66. The van der Waals surface area contributed by atoms with Crippen molar-refractivity contribution in [3.63, 3.8) is 0 Å². The Balaban J connectivity index is 1.86. The average Bonchev–Trinajstić information content (AvgIpc) is 2.89. The zero-order chi connectivity index (χ0) is 14.3. The van der Waals surface area contributed by atoms with Crippen molar-refractivity contribution in [3.05, 3.63) is 50.1 Å². The van der Waals surface area contributed by atoms with Gasteiger partial charge in [0.2, 0.25) is 0 Å². The number of thiophene rings is 1. The van der Waals surface area contributed by atoms with E-state index in [9.17, 15) is 5.11 Å². The van der Waals surface area contributed by atoms with Crippen molar-refractivity contribution in [1.82, 2.24) is 0 Å². The molecule has 0 amide bonds. The highest BCUT2D eigenvalue weighted by Gasteiger charge is 2.32. The third kappa shape index (κ3) is 2.78. The van der Waals surface area contributed by atoms with Gasteiger partial charge in [0, 0.05) is 33.1 Å². The summed E-state index contributed by atoms with van der Waals surface area (Å²) in [7, 11) is 0. The minimum Gasteiger partial charge on any atom is -0.487 e. The highest BCUT2D eigenvalue weighted by atomic mass is 79.9. The van der Waals surface area contributed by atoms with Gasteiger partial charge in [0.1, 0.15) is 11.4 Å². The Morgan fingerprint density at radius 1 is 1.45 bits per heavy atom. The van der Waals surface area contributed by atoms with Crippen LogP contribution in [-0.2, 0) is 12.8 Å². The number of aliphatic hydroxyl groups excluding tert-OH is 1. The van der Waals surface area contributed by atoms with Gasteiger partial charge in [-0.3, -0.25) is 0 Å². The quantitative estimate of drug-likeness (QED) is 0.880. The lowest BCUT2D eigenvalue weighted by atomic mass is 9.98. The van der Waals surface area contributed by atoms with Crippen molar-refractivity contribution < 1.29 is 9.84 Å². The number of para-hydroxylation sites is 1. The van der Waals surface area contributed by atoms with Gasteiger partial charge in [0.25, 0.3) is 0 Å². The summed E-state index contributed by atoms with van der Waals surface area (Å²) >= 11 is 5.10. The van der Waals surface area contributed by atoms with Crippen LogP contribution in [0.15, 0.2) is 34.1 Å². The topological polar surface area (TPSA) is 29.5 Å². The van der Waals surface area contributed by atoms with Gasteiger partial charge < -0.3 is 9.84 Å². The second-order valence-corrected chi connectivity index (χ2v) is 7.74. The Morgan fingerprint density at radius 2 is 2.25 bits per heavy atom. The van der Waals surface area contributed by atoms with Crippen molar-refractivity contribution in [2.24, 2.45) is 0 Å². The molecule has 1 atom stereocenters. The van der Waals surface area contributed by atoms with Crippen LogP contribution >= 0.6 is 27.3 Å². The molecule has 106 valence electrons. The minimum absolute atomic E-state index is 0.176. The van der Waals surface area contributed by atoms with Gasteiger partial charge in [-0.1, -0.05) is 18.2 Å². The van der Waals surface area contributed by atoms with Crippen LogP contribution in [0.25, 0.3) is 0 Å². The van der Waals surface area contributed by atoms with E-state index in [4.69, 9.17) is 4.74 Å². The summed E-state index contributed by atoms with van der Waals surface area (Å²) in [6, 6.07) is 8.11. The first-order chi connectivity index (χ1) is 9.44. The van der Waals surface area contributed by atoms with Gasteiger partial charge in [0.05, 0.1) is 6.10 Å². The van der Waals surface area contributed by atoms with Gasteiger partial charge >= 0.3 is 0 Å². The van der Waals surface area contributed by atoms with Crippen molar-refractivity contribution in [3.8, 4) is 5.75 Å². The van der Waals surface area contributed by atoms with Crippen LogP contribution in [0.3, 0.4) is 0 Å². The predicted octanol–water partition coefficient (Wildman–Crippen LogP) is 4.50. The largest absolute Gasteiger partial charge is 0.487 e. The first kappa shape index (κ1) is 14.1. The van der Waals surface area contributed by atoms with E-state index in [1.807, 2.05) is 17.5 Å². The minimum atomic E-state index is -0.524. The highest BCUT2D eigenvalue weighted by Crippen LogP contribution is 2.41. The molecule has 1 N–H and O–H groups in total. The lowest BCUT2D eigenvalue weighted by Gasteiger charge is -2.19. The van der Waals surface area contributed by atoms with Crippen molar-refractivity contribution in [2.75, 3.05) is 0 Å². The molecule has 1 unspecified atom stereocenters. The van der Waals surface area contributed by atoms with Gasteiger partial charge in [-0.25, -0.2) is 0 Å². The zero-order valence-corrected chi connectivity index (χ0v) is 13.9. The molecular formula is C16H17BrO2S. The molecule has 2 nitrogen and oxygen atoms in total. The Hall–Kier alpha value is -0.840. The van der Waals surface area contributed by atoms with Crippen molar-refractivity contribution >= 4 is 27.3 Å². The number of ether oxygens (including phenoxy) is 1. The van der Waals surface area contributed by atoms with Gasteiger partial charge in [-0.15, -0.1) is 11.3 Å². The van der Waals surface area contributed by atoms with Crippen molar-refractivity contribution in [1.29, 1.82) is 0 Å². The summed E-state index contributed by atoms with van der Waals surface area (Å²) in [6.07, 6.45) is 0.994.